The van der Waals surface area contributed by atoms with Gasteiger partial charge in [0.05, 0.1) is 24.1 Å². The van der Waals surface area contributed by atoms with Gasteiger partial charge in [-0.15, -0.1) is 4.40 Å². The Hall–Kier alpha value is -3.04. The topological polar surface area (TPSA) is 135 Å². The molecule has 0 unspecified atom stereocenters. The highest BCUT2D eigenvalue weighted by atomic mass is 32.2. The molecule has 1 aromatic rings. The number of carbonyl (C=O) groups excluding carboxylic acids is 2. The standard InChI is InChI=1S/C21H29FN6O4S/c1-21(2,25-11-19(29)28-12-16(22)9-17(28)10-23)13-24-20(30)15-5-7-18(8-6-15)33(31,32)26-14-27(3)4/h5-8,14,16-17,25H,9,11-13H2,1-4H3,(H,24,30)/b26-14+/t16-,17-/m0/s1. The monoisotopic (exact) mass is 480 g/mol. The van der Waals surface area contributed by atoms with Crippen molar-refractivity contribution in [1.82, 2.24) is 20.4 Å². The molecule has 12 heteroatoms. The van der Waals surface area contributed by atoms with Gasteiger partial charge in [-0.05, 0) is 38.1 Å². The molecule has 1 saturated heterocycles. The van der Waals surface area contributed by atoms with Crippen molar-refractivity contribution in [3.63, 3.8) is 0 Å². The SMILES string of the molecule is CN(C)/C=N/S(=O)(=O)c1ccc(C(=O)NCC(C)(C)NCC(=O)N2C[C@@H](F)C[C@H]2C#N)cc1. The Kier molecular flexibility index (Phi) is 8.51. The van der Waals surface area contributed by atoms with Gasteiger partial charge in [-0.2, -0.15) is 13.7 Å². The van der Waals surface area contributed by atoms with Crippen LogP contribution in [0.5, 0.6) is 0 Å². The van der Waals surface area contributed by atoms with Crippen LogP contribution in [0.4, 0.5) is 4.39 Å². The summed E-state index contributed by atoms with van der Waals surface area (Å²) in [6.45, 7) is 3.53. The highest BCUT2D eigenvalue weighted by Gasteiger charge is 2.35. The summed E-state index contributed by atoms with van der Waals surface area (Å²) < 4.78 is 41.4. The molecule has 180 valence electrons. The van der Waals surface area contributed by atoms with Crippen molar-refractivity contribution in [1.29, 1.82) is 5.26 Å². The minimum atomic E-state index is -3.86. The molecule has 0 aromatic heterocycles. The van der Waals surface area contributed by atoms with Crippen molar-refractivity contribution in [2.75, 3.05) is 33.7 Å². The van der Waals surface area contributed by atoms with E-state index in [9.17, 15) is 22.4 Å². The summed E-state index contributed by atoms with van der Waals surface area (Å²) in [5.74, 6) is -0.795. The van der Waals surface area contributed by atoms with Crippen LogP contribution in [0.15, 0.2) is 33.6 Å². The Balaban J connectivity index is 1.90. The van der Waals surface area contributed by atoms with Gasteiger partial charge < -0.3 is 20.4 Å². The first-order valence-corrected chi connectivity index (χ1v) is 11.7. The van der Waals surface area contributed by atoms with Gasteiger partial charge in [0.25, 0.3) is 15.9 Å². The van der Waals surface area contributed by atoms with E-state index in [1.165, 1.54) is 40.4 Å². The van der Waals surface area contributed by atoms with Crippen molar-refractivity contribution in [2.24, 2.45) is 4.40 Å². The Labute approximate surface area is 193 Å². The van der Waals surface area contributed by atoms with E-state index >= 15 is 0 Å². The summed E-state index contributed by atoms with van der Waals surface area (Å²) in [6.07, 6.45) is -0.00768. The number of halogens is 1. The van der Waals surface area contributed by atoms with Crippen LogP contribution in [0, 0.1) is 11.3 Å². The Morgan fingerprint density at radius 2 is 1.97 bits per heavy atom. The molecule has 1 aliphatic heterocycles. The number of sulfonamides is 1. The van der Waals surface area contributed by atoms with Crippen molar-refractivity contribution in [2.45, 2.75) is 42.9 Å². The summed E-state index contributed by atoms with van der Waals surface area (Å²) in [4.78, 5) is 27.5. The first kappa shape index (κ1) is 26.2. The average Bonchev–Trinajstić information content (AvgIpc) is 3.15. The second-order valence-electron chi connectivity index (χ2n) is 8.63. The fraction of sp³-hybridized carbons (Fsp3) is 0.524. The van der Waals surface area contributed by atoms with E-state index < -0.39 is 33.7 Å². The Morgan fingerprint density at radius 1 is 1.33 bits per heavy atom. The molecule has 33 heavy (non-hydrogen) atoms. The first-order valence-electron chi connectivity index (χ1n) is 10.3. The van der Waals surface area contributed by atoms with E-state index in [0.717, 1.165) is 0 Å². The largest absolute Gasteiger partial charge is 0.368 e. The van der Waals surface area contributed by atoms with E-state index in [4.69, 9.17) is 5.26 Å². The van der Waals surface area contributed by atoms with Gasteiger partial charge in [-0.25, -0.2) is 4.39 Å². The molecule has 0 bridgehead atoms. The van der Waals surface area contributed by atoms with Crippen LogP contribution < -0.4 is 10.6 Å². The molecule has 0 aliphatic carbocycles. The Morgan fingerprint density at radius 3 is 2.55 bits per heavy atom. The van der Waals surface area contributed by atoms with Crippen molar-refractivity contribution in [3.8, 4) is 6.07 Å². The molecule has 10 nitrogen and oxygen atoms in total. The van der Waals surface area contributed by atoms with Gasteiger partial charge in [0.1, 0.15) is 18.6 Å². The maximum absolute atomic E-state index is 13.5. The number of amides is 2. The molecule has 2 rings (SSSR count). The summed E-state index contributed by atoms with van der Waals surface area (Å²) in [5.41, 5.74) is -0.410. The number of benzene rings is 1. The molecule has 1 heterocycles. The van der Waals surface area contributed by atoms with Crippen molar-refractivity contribution >= 4 is 28.2 Å². The van der Waals surface area contributed by atoms with Gasteiger partial charge in [0, 0.05) is 38.2 Å². The highest BCUT2D eigenvalue weighted by molar-refractivity contribution is 7.90. The van der Waals surface area contributed by atoms with E-state index in [1.807, 2.05) is 6.07 Å². The maximum Gasteiger partial charge on any atom is 0.283 e. The molecule has 2 amide bonds. The molecule has 0 spiro atoms. The average molecular weight is 481 g/mol. The summed E-state index contributed by atoms with van der Waals surface area (Å²) in [5, 5.41) is 14.8. The minimum absolute atomic E-state index is 0.0176. The van der Waals surface area contributed by atoms with Crippen LogP contribution >= 0.6 is 0 Å². The van der Waals surface area contributed by atoms with Gasteiger partial charge >= 0.3 is 0 Å². The van der Waals surface area contributed by atoms with Crippen LogP contribution in [-0.2, 0) is 14.8 Å². The van der Waals surface area contributed by atoms with Crippen LogP contribution in [0.25, 0.3) is 0 Å². The van der Waals surface area contributed by atoms with Crippen LogP contribution in [0.2, 0.25) is 0 Å². The lowest BCUT2D eigenvalue weighted by molar-refractivity contribution is -0.130. The van der Waals surface area contributed by atoms with E-state index in [2.05, 4.69) is 15.0 Å². The number of alkyl halides is 1. The second kappa shape index (κ2) is 10.7. The molecular weight excluding hydrogens is 451 g/mol. The van der Waals surface area contributed by atoms with E-state index in [-0.39, 0.29) is 42.4 Å². The van der Waals surface area contributed by atoms with Crippen LogP contribution in [0.1, 0.15) is 30.6 Å². The van der Waals surface area contributed by atoms with Crippen LogP contribution in [-0.4, -0.2) is 87.9 Å². The molecule has 1 aliphatic rings. The fourth-order valence-electron chi connectivity index (χ4n) is 3.06. The van der Waals surface area contributed by atoms with E-state index in [0.29, 0.717) is 0 Å². The van der Waals surface area contributed by atoms with Crippen molar-refractivity contribution < 1.29 is 22.4 Å². The summed E-state index contributed by atoms with van der Waals surface area (Å²) in [6, 6.07) is 6.56. The predicted molar refractivity (Wildman–Crippen MR) is 121 cm³/mol. The van der Waals surface area contributed by atoms with E-state index in [1.54, 1.807) is 27.9 Å². The summed E-state index contributed by atoms with van der Waals surface area (Å²) in [7, 11) is -0.566. The third-order valence-corrected chi connectivity index (χ3v) is 6.20. The minimum Gasteiger partial charge on any atom is -0.368 e. The molecule has 2 N–H and O–H groups in total. The lowest BCUT2D eigenvalue weighted by atomic mass is 10.1. The third-order valence-electron chi connectivity index (χ3n) is 4.96. The van der Waals surface area contributed by atoms with Gasteiger partial charge in [0.2, 0.25) is 5.91 Å². The molecular formula is C21H29FN6O4S. The zero-order valence-electron chi connectivity index (χ0n) is 19.1. The molecule has 1 aromatic carbocycles. The van der Waals surface area contributed by atoms with Gasteiger partial charge in [0.15, 0.2) is 0 Å². The molecule has 0 radical (unpaired) electrons. The third kappa shape index (κ3) is 7.50. The zero-order valence-corrected chi connectivity index (χ0v) is 19.9. The Bertz CT molecular complexity index is 1030. The lowest BCUT2D eigenvalue weighted by Crippen LogP contribution is -2.52. The fourth-order valence-corrected chi connectivity index (χ4v) is 3.97. The number of hydrogen-bond acceptors (Lipinski definition) is 6. The number of carbonyl (C=O) groups is 2. The first-order chi connectivity index (χ1) is 15.3. The number of nitrogens with zero attached hydrogens (tertiary/aromatic N) is 4. The predicted octanol–water partition coefficient (Wildman–Crippen LogP) is 0.526. The van der Waals surface area contributed by atoms with Gasteiger partial charge in [-0.3, -0.25) is 9.59 Å². The smallest absolute Gasteiger partial charge is 0.283 e. The normalized spacial score (nSPS) is 18.8. The number of likely N-dealkylation sites (tertiary alicyclic amines) is 1. The summed E-state index contributed by atoms with van der Waals surface area (Å²) >= 11 is 0. The van der Waals surface area contributed by atoms with Gasteiger partial charge in [-0.1, -0.05) is 0 Å². The van der Waals surface area contributed by atoms with Crippen LogP contribution in [0.3, 0.4) is 0 Å². The number of rotatable bonds is 9. The lowest BCUT2D eigenvalue weighted by Gasteiger charge is -2.28. The second-order valence-corrected chi connectivity index (χ2v) is 10.3. The van der Waals surface area contributed by atoms with Crippen molar-refractivity contribution in [3.05, 3.63) is 29.8 Å². The maximum atomic E-state index is 13.5. The number of nitrogens with one attached hydrogen (secondary N) is 2. The zero-order chi connectivity index (χ0) is 24.8. The molecule has 2 atom stereocenters. The molecule has 1 fully saturated rings. The quantitative estimate of drug-likeness (QED) is 0.389. The number of nitriles is 1. The molecule has 0 saturated carbocycles. The highest BCUT2D eigenvalue weighted by Crippen LogP contribution is 2.20. The number of hydrogen-bond donors (Lipinski definition) is 2.